The van der Waals surface area contributed by atoms with Crippen molar-refractivity contribution in [2.75, 3.05) is 32.6 Å². The van der Waals surface area contributed by atoms with Crippen LogP contribution in [0, 0.1) is 0 Å². The van der Waals surface area contributed by atoms with Crippen molar-refractivity contribution in [2.24, 2.45) is 0 Å². The van der Waals surface area contributed by atoms with E-state index in [0.29, 0.717) is 35.9 Å². The minimum Gasteiger partial charge on any atom is -0.378 e. The molecule has 0 saturated carbocycles. The molecule has 1 N–H and O–H groups in total. The molecule has 0 bridgehead atoms. The number of hydrogen-bond donors (Lipinski definition) is 1. The average Bonchev–Trinajstić information content (AvgIpc) is 3.35. The SMILES string of the molecule is CN(C)c1ccc(C(=O)NC2CC(c3nc(-c4cnccn4)no3)N(C)C2)cc1. The molecular weight excluding hydrogens is 370 g/mol. The van der Waals surface area contributed by atoms with Crippen molar-refractivity contribution in [3.8, 4) is 11.5 Å². The van der Waals surface area contributed by atoms with Crippen molar-refractivity contribution in [1.82, 2.24) is 30.3 Å². The first-order valence-electron chi connectivity index (χ1n) is 9.39. The number of nitrogens with one attached hydrogen (secondary N) is 1. The highest BCUT2D eigenvalue weighted by atomic mass is 16.5. The van der Waals surface area contributed by atoms with Gasteiger partial charge in [-0.2, -0.15) is 4.98 Å². The Labute approximate surface area is 168 Å². The fraction of sp³-hybridized carbons (Fsp3) is 0.350. The number of nitrogens with zero attached hydrogens (tertiary/aromatic N) is 6. The Hall–Kier alpha value is -3.33. The van der Waals surface area contributed by atoms with Gasteiger partial charge in [-0.15, -0.1) is 0 Å². The summed E-state index contributed by atoms with van der Waals surface area (Å²) in [5.41, 5.74) is 2.26. The second-order valence-electron chi connectivity index (χ2n) is 7.35. The summed E-state index contributed by atoms with van der Waals surface area (Å²) in [6.45, 7) is 0.703. The van der Waals surface area contributed by atoms with Gasteiger partial charge < -0.3 is 14.7 Å². The van der Waals surface area contributed by atoms with E-state index < -0.39 is 0 Å². The lowest BCUT2D eigenvalue weighted by molar-refractivity contribution is 0.0938. The average molecular weight is 393 g/mol. The van der Waals surface area contributed by atoms with E-state index in [1.807, 2.05) is 50.3 Å². The molecule has 1 amide bonds. The molecule has 29 heavy (non-hydrogen) atoms. The van der Waals surface area contributed by atoms with E-state index in [-0.39, 0.29) is 18.0 Å². The molecule has 0 spiro atoms. The first-order chi connectivity index (χ1) is 14.0. The van der Waals surface area contributed by atoms with Gasteiger partial charge in [0.05, 0.1) is 12.2 Å². The van der Waals surface area contributed by atoms with Gasteiger partial charge in [-0.1, -0.05) is 5.16 Å². The highest BCUT2D eigenvalue weighted by Crippen LogP contribution is 2.30. The second kappa shape index (κ2) is 7.96. The standard InChI is InChI=1S/C20H23N7O2/c1-26(2)15-6-4-13(5-7-15)19(28)23-14-10-17(27(3)12-14)20-24-18(25-29-20)16-11-21-8-9-22-16/h4-9,11,14,17H,10,12H2,1-3H3,(H,23,28). The summed E-state index contributed by atoms with van der Waals surface area (Å²) >= 11 is 0. The zero-order chi connectivity index (χ0) is 20.4. The van der Waals surface area contributed by atoms with Gasteiger partial charge in [0.1, 0.15) is 5.69 Å². The van der Waals surface area contributed by atoms with E-state index >= 15 is 0 Å². The third-order valence-corrected chi connectivity index (χ3v) is 5.05. The predicted molar refractivity (Wildman–Crippen MR) is 107 cm³/mol. The molecule has 2 unspecified atom stereocenters. The van der Waals surface area contributed by atoms with E-state index in [1.54, 1.807) is 18.6 Å². The fourth-order valence-corrected chi connectivity index (χ4v) is 3.46. The highest BCUT2D eigenvalue weighted by molar-refractivity contribution is 5.94. The maximum absolute atomic E-state index is 12.6. The van der Waals surface area contributed by atoms with Crippen LogP contribution in [0.15, 0.2) is 47.4 Å². The maximum atomic E-state index is 12.6. The molecule has 1 aromatic carbocycles. The molecule has 150 valence electrons. The maximum Gasteiger partial charge on any atom is 0.251 e. The summed E-state index contributed by atoms with van der Waals surface area (Å²) in [5, 5.41) is 7.12. The van der Waals surface area contributed by atoms with E-state index in [1.165, 1.54) is 0 Å². The van der Waals surface area contributed by atoms with Gasteiger partial charge in [-0.25, -0.2) is 4.98 Å². The Morgan fingerprint density at radius 3 is 2.72 bits per heavy atom. The molecule has 2 atom stereocenters. The van der Waals surface area contributed by atoms with Crippen molar-refractivity contribution in [3.63, 3.8) is 0 Å². The number of carbonyl (C=O) groups excluding carboxylic acids is 1. The number of likely N-dealkylation sites (tertiary alicyclic amines) is 1. The molecule has 0 aliphatic carbocycles. The van der Waals surface area contributed by atoms with Gasteiger partial charge in [0.25, 0.3) is 5.91 Å². The number of benzene rings is 1. The Balaban J connectivity index is 1.41. The largest absolute Gasteiger partial charge is 0.378 e. The number of hydrogen-bond acceptors (Lipinski definition) is 8. The number of rotatable bonds is 5. The van der Waals surface area contributed by atoms with Gasteiger partial charge in [-0.05, 0) is 37.7 Å². The van der Waals surface area contributed by atoms with Gasteiger partial charge in [0.2, 0.25) is 11.7 Å². The van der Waals surface area contributed by atoms with E-state index in [9.17, 15) is 4.79 Å². The van der Waals surface area contributed by atoms with Crippen LogP contribution in [-0.4, -0.2) is 64.6 Å². The van der Waals surface area contributed by atoms with Crippen LogP contribution in [0.2, 0.25) is 0 Å². The molecule has 1 aliphatic heterocycles. The molecule has 3 aromatic rings. The summed E-state index contributed by atoms with van der Waals surface area (Å²) in [5.74, 6) is 0.843. The van der Waals surface area contributed by atoms with Crippen LogP contribution in [0.5, 0.6) is 0 Å². The highest BCUT2D eigenvalue weighted by Gasteiger charge is 2.35. The third-order valence-electron chi connectivity index (χ3n) is 5.05. The normalized spacial score (nSPS) is 19.3. The molecule has 1 aliphatic rings. The molecule has 1 fully saturated rings. The first kappa shape index (κ1) is 19.0. The second-order valence-corrected chi connectivity index (χ2v) is 7.35. The van der Waals surface area contributed by atoms with Crippen molar-refractivity contribution in [3.05, 3.63) is 54.3 Å². The third kappa shape index (κ3) is 4.09. The van der Waals surface area contributed by atoms with Crippen LogP contribution >= 0.6 is 0 Å². The monoisotopic (exact) mass is 393 g/mol. The molecule has 9 nitrogen and oxygen atoms in total. The lowest BCUT2D eigenvalue weighted by Crippen LogP contribution is -2.36. The van der Waals surface area contributed by atoms with E-state index in [2.05, 4.69) is 30.3 Å². The van der Waals surface area contributed by atoms with Crippen LogP contribution in [0.1, 0.15) is 28.7 Å². The molecule has 1 saturated heterocycles. The minimum atomic E-state index is -0.0832. The van der Waals surface area contributed by atoms with E-state index in [4.69, 9.17) is 4.52 Å². The topological polar surface area (TPSA) is 100 Å². The van der Waals surface area contributed by atoms with Gasteiger partial charge in [-0.3, -0.25) is 14.7 Å². The van der Waals surface area contributed by atoms with Crippen molar-refractivity contribution in [2.45, 2.75) is 18.5 Å². The number of carbonyl (C=O) groups is 1. The predicted octanol–water partition coefficient (Wildman–Crippen LogP) is 1.77. The summed E-state index contributed by atoms with van der Waals surface area (Å²) in [7, 11) is 5.92. The molecule has 0 radical (unpaired) electrons. The van der Waals surface area contributed by atoms with Crippen molar-refractivity contribution >= 4 is 11.6 Å². The molecule has 9 heteroatoms. The van der Waals surface area contributed by atoms with E-state index in [0.717, 1.165) is 5.69 Å². The summed E-state index contributed by atoms with van der Waals surface area (Å²) in [6, 6.07) is 7.49. The molecule has 2 aromatic heterocycles. The first-order valence-corrected chi connectivity index (χ1v) is 9.39. The summed E-state index contributed by atoms with van der Waals surface area (Å²) < 4.78 is 5.46. The number of aromatic nitrogens is 4. The van der Waals surface area contributed by atoms with Crippen molar-refractivity contribution in [1.29, 1.82) is 0 Å². The number of likely N-dealkylation sites (N-methyl/N-ethyl adjacent to an activating group) is 1. The van der Waals surface area contributed by atoms with Crippen LogP contribution in [0.3, 0.4) is 0 Å². The molecule has 3 heterocycles. The van der Waals surface area contributed by atoms with Crippen molar-refractivity contribution < 1.29 is 9.32 Å². The van der Waals surface area contributed by atoms with Gasteiger partial charge in [0, 0.05) is 50.3 Å². The van der Waals surface area contributed by atoms with Crippen LogP contribution in [0.4, 0.5) is 5.69 Å². The Bertz CT molecular complexity index is 972. The minimum absolute atomic E-state index is 0.00195. The molecule has 4 rings (SSSR count). The van der Waals surface area contributed by atoms with Gasteiger partial charge in [0.15, 0.2) is 0 Å². The Morgan fingerprint density at radius 1 is 1.24 bits per heavy atom. The lowest BCUT2D eigenvalue weighted by Gasteiger charge is -2.15. The van der Waals surface area contributed by atoms with Crippen LogP contribution in [0.25, 0.3) is 11.5 Å². The zero-order valence-corrected chi connectivity index (χ0v) is 16.6. The lowest BCUT2D eigenvalue weighted by atomic mass is 10.1. The smallest absolute Gasteiger partial charge is 0.251 e. The van der Waals surface area contributed by atoms with Crippen LogP contribution < -0.4 is 10.2 Å². The summed E-state index contributed by atoms with van der Waals surface area (Å²) in [6.07, 6.45) is 5.47. The number of anilines is 1. The number of amides is 1. The van der Waals surface area contributed by atoms with Gasteiger partial charge >= 0.3 is 0 Å². The molecular formula is C20H23N7O2. The Morgan fingerprint density at radius 2 is 2.03 bits per heavy atom. The fourth-order valence-electron chi connectivity index (χ4n) is 3.46. The Kier molecular flexibility index (Phi) is 5.22. The summed E-state index contributed by atoms with van der Waals surface area (Å²) in [4.78, 5) is 29.4. The zero-order valence-electron chi connectivity index (χ0n) is 16.6. The van der Waals surface area contributed by atoms with Crippen LogP contribution in [-0.2, 0) is 0 Å². The quantitative estimate of drug-likeness (QED) is 0.700.